The Balaban J connectivity index is 1.25. The van der Waals surface area contributed by atoms with Gasteiger partial charge in [-0.15, -0.1) is 0 Å². The van der Waals surface area contributed by atoms with Crippen molar-refractivity contribution in [2.24, 2.45) is 0 Å². The fourth-order valence-corrected chi connectivity index (χ4v) is 4.52. The van der Waals surface area contributed by atoms with Crippen LogP contribution in [0.4, 0.5) is 10.1 Å². The standard InChI is InChI=1S/C23H19Cl2FN4O3/c24-16-2-1-3-17(20(16)25)28-8-10-29(11-9-28)19(31)6-7-30-13-27-21-15-12-14(26)4-5-18(15)33-22(21)23(30)32/h1-5,12-13H,6-11H2. The van der Waals surface area contributed by atoms with Crippen LogP contribution in [0.3, 0.4) is 0 Å². The van der Waals surface area contributed by atoms with Crippen LogP contribution in [-0.4, -0.2) is 46.5 Å². The van der Waals surface area contributed by atoms with Crippen LogP contribution in [0, 0.1) is 5.82 Å². The highest BCUT2D eigenvalue weighted by atomic mass is 35.5. The number of benzene rings is 2. The molecule has 0 bridgehead atoms. The number of amides is 1. The minimum atomic E-state index is -0.431. The molecule has 3 heterocycles. The molecule has 1 fully saturated rings. The first-order valence-corrected chi connectivity index (χ1v) is 11.2. The average molecular weight is 489 g/mol. The molecular weight excluding hydrogens is 470 g/mol. The SMILES string of the molecule is O=C(CCn1cnc2c(oc3ccc(F)cc32)c1=O)N1CCN(c2cccc(Cl)c2Cl)CC1. The first-order valence-electron chi connectivity index (χ1n) is 10.5. The first-order chi connectivity index (χ1) is 15.9. The van der Waals surface area contributed by atoms with Crippen molar-refractivity contribution in [3.63, 3.8) is 0 Å². The van der Waals surface area contributed by atoms with Crippen molar-refractivity contribution in [2.75, 3.05) is 31.1 Å². The molecule has 1 aliphatic rings. The zero-order chi connectivity index (χ0) is 23.1. The summed E-state index contributed by atoms with van der Waals surface area (Å²) in [6.07, 6.45) is 1.52. The van der Waals surface area contributed by atoms with Crippen LogP contribution >= 0.6 is 23.2 Å². The van der Waals surface area contributed by atoms with Crippen molar-refractivity contribution < 1.29 is 13.6 Å². The molecule has 7 nitrogen and oxygen atoms in total. The van der Waals surface area contributed by atoms with Gasteiger partial charge in [0.15, 0.2) is 0 Å². The second-order valence-corrected chi connectivity index (χ2v) is 8.64. The summed E-state index contributed by atoms with van der Waals surface area (Å²) in [4.78, 5) is 33.7. The smallest absolute Gasteiger partial charge is 0.297 e. The number of rotatable bonds is 4. The van der Waals surface area contributed by atoms with Gasteiger partial charge < -0.3 is 14.2 Å². The second kappa shape index (κ2) is 8.68. The average Bonchev–Trinajstić information content (AvgIpc) is 3.19. The summed E-state index contributed by atoms with van der Waals surface area (Å²) < 4.78 is 20.5. The fourth-order valence-electron chi connectivity index (χ4n) is 4.11. The minimum Gasteiger partial charge on any atom is -0.448 e. The van der Waals surface area contributed by atoms with Gasteiger partial charge in [-0.05, 0) is 30.3 Å². The van der Waals surface area contributed by atoms with Crippen LogP contribution in [0.15, 0.2) is 51.9 Å². The lowest BCUT2D eigenvalue weighted by atomic mass is 10.2. The van der Waals surface area contributed by atoms with Crippen LogP contribution in [0.5, 0.6) is 0 Å². The normalized spacial score (nSPS) is 14.4. The van der Waals surface area contributed by atoms with Gasteiger partial charge in [-0.3, -0.25) is 14.2 Å². The maximum atomic E-state index is 13.6. The number of fused-ring (bicyclic) bond motifs is 3. The summed E-state index contributed by atoms with van der Waals surface area (Å²) in [6.45, 7) is 2.53. The number of carbonyl (C=O) groups excluding carboxylic acids is 1. The van der Waals surface area contributed by atoms with Gasteiger partial charge in [0, 0.05) is 44.5 Å². The molecule has 0 saturated carbocycles. The van der Waals surface area contributed by atoms with Crippen LogP contribution < -0.4 is 10.5 Å². The van der Waals surface area contributed by atoms with Crippen LogP contribution in [0.2, 0.25) is 10.0 Å². The Morgan fingerprint density at radius 3 is 2.70 bits per heavy atom. The molecule has 10 heteroatoms. The first kappa shape index (κ1) is 21.7. The Kier molecular flexibility index (Phi) is 5.72. The molecule has 1 saturated heterocycles. The largest absolute Gasteiger partial charge is 0.448 e. The number of piperazine rings is 1. The van der Waals surface area contributed by atoms with Crippen molar-refractivity contribution in [2.45, 2.75) is 13.0 Å². The van der Waals surface area contributed by atoms with Gasteiger partial charge in [-0.2, -0.15) is 0 Å². The number of hydrogen-bond donors (Lipinski definition) is 0. The van der Waals surface area contributed by atoms with Gasteiger partial charge in [0.25, 0.3) is 5.56 Å². The van der Waals surface area contributed by atoms with Crippen LogP contribution in [-0.2, 0) is 11.3 Å². The van der Waals surface area contributed by atoms with Crippen molar-refractivity contribution >= 4 is 56.9 Å². The third-order valence-corrected chi connectivity index (χ3v) is 6.68. The molecule has 5 rings (SSSR count). The molecule has 2 aromatic carbocycles. The third-order valence-electron chi connectivity index (χ3n) is 5.88. The third kappa shape index (κ3) is 4.05. The molecule has 2 aromatic heterocycles. The number of anilines is 1. The van der Waals surface area contributed by atoms with E-state index in [0.717, 1.165) is 5.69 Å². The van der Waals surface area contributed by atoms with E-state index in [0.29, 0.717) is 52.7 Å². The zero-order valence-electron chi connectivity index (χ0n) is 17.4. The zero-order valence-corrected chi connectivity index (χ0v) is 18.9. The van der Waals surface area contributed by atoms with E-state index >= 15 is 0 Å². The van der Waals surface area contributed by atoms with Gasteiger partial charge >= 0.3 is 0 Å². The van der Waals surface area contributed by atoms with E-state index in [-0.39, 0.29) is 24.5 Å². The summed E-state index contributed by atoms with van der Waals surface area (Å²) in [6, 6.07) is 9.52. The number of halogens is 3. The Bertz CT molecular complexity index is 1430. The molecule has 33 heavy (non-hydrogen) atoms. The molecular formula is C23H19Cl2FN4O3. The maximum absolute atomic E-state index is 13.6. The van der Waals surface area contributed by atoms with Crippen molar-refractivity contribution in [1.29, 1.82) is 0 Å². The highest BCUT2D eigenvalue weighted by Crippen LogP contribution is 2.33. The second-order valence-electron chi connectivity index (χ2n) is 7.85. The van der Waals surface area contributed by atoms with E-state index in [1.165, 1.54) is 29.1 Å². The fraction of sp³-hybridized carbons (Fsp3) is 0.261. The number of carbonyl (C=O) groups is 1. The van der Waals surface area contributed by atoms with Gasteiger partial charge in [-0.25, -0.2) is 9.37 Å². The van der Waals surface area contributed by atoms with Gasteiger partial charge in [0.2, 0.25) is 11.5 Å². The summed E-state index contributed by atoms with van der Waals surface area (Å²) >= 11 is 12.4. The minimum absolute atomic E-state index is 0.0504. The Morgan fingerprint density at radius 2 is 1.91 bits per heavy atom. The van der Waals surface area contributed by atoms with Crippen LogP contribution in [0.1, 0.15) is 6.42 Å². The molecule has 4 aromatic rings. The Labute approximate surface area is 197 Å². The number of aryl methyl sites for hydroxylation is 1. The summed E-state index contributed by atoms with van der Waals surface area (Å²) in [5, 5.41) is 1.45. The number of furan rings is 1. The van der Waals surface area contributed by atoms with Crippen LogP contribution in [0.25, 0.3) is 22.1 Å². The predicted octanol–water partition coefficient (Wildman–Crippen LogP) is 4.33. The number of aromatic nitrogens is 2. The predicted molar refractivity (Wildman–Crippen MR) is 126 cm³/mol. The Morgan fingerprint density at radius 1 is 1.12 bits per heavy atom. The lowest BCUT2D eigenvalue weighted by Gasteiger charge is -2.36. The molecule has 0 radical (unpaired) electrons. The van der Waals surface area contributed by atoms with Gasteiger partial charge in [-0.1, -0.05) is 29.3 Å². The highest BCUT2D eigenvalue weighted by molar-refractivity contribution is 6.43. The Hall–Kier alpha value is -3.10. The number of nitrogens with zero attached hydrogens (tertiary/aromatic N) is 4. The molecule has 0 atom stereocenters. The molecule has 1 aliphatic heterocycles. The van der Waals surface area contributed by atoms with Gasteiger partial charge in [0.05, 0.1) is 22.1 Å². The molecule has 0 unspecified atom stereocenters. The van der Waals surface area contributed by atoms with Crippen molar-refractivity contribution in [3.8, 4) is 0 Å². The van der Waals surface area contributed by atoms with Crippen molar-refractivity contribution in [1.82, 2.24) is 14.5 Å². The molecule has 1 amide bonds. The molecule has 0 aliphatic carbocycles. The molecule has 0 N–H and O–H groups in total. The van der Waals surface area contributed by atoms with E-state index in [4.69, 9.17) is 27.6 Å². The maximum Gasteiger partial charge on any atom is 0.297 e. The molecule has 170 valence electrons. The van der Waals surface area contributed by atoms with E-state index in [9.17, 15) is 14.0 Å². The monoisotopic (exact) mass is 488 g/mol. The van der Waals surface area contributed by atoms with E-state index in [1.807, 2.05) is 12.1 Å². The summed E-state index contributed by atoms with van der Waals surface area (Å²) in [5.41, 5.74) is 1.21. The van der Waals surface area contributed by atoms with E-state index in [1.54, 1.807) is 11.0 Å². The summed E-state index contributed by atoms with van der Waals surface area (Å²) in [5.74, 6) is -0.481. The highest BCUT2D eigenvalue weighted by Gasteiger charge is 2.23. The quantitative estimate of drug-likeness (QED) is 0.427. The van der Waals surface area contributed by atoms with Gasteiger partial charge in [0.1, 0.15) is 16.9 Å². The lowest BCUT2D eigenvalue weighted by molar-refractivity contribution is -0.131. The lowest BCUT2D eigenvalue weighted by Crippen LogP contribution is -2.49. The molecule has 0 spiro atoms. The topological polar surface area (TPSA) is 71.6 Å². The van der Waals surface area contributed by atoms with E-state index < -0.39 is 11.4 Å². The van der Waals surface area contributed by atoms with E-state index in [2.05, 4.69) is 9.88 Å². The van der Waals surface area contributed by atoms with Crippen molar-refractivity contribution in [3.05, 3.63) is 68.9 Å². The number of hydrogen-bond acceptors (Lipinski definition) is 5. The summed E-state index contributed by atoms with van der Waals surface area (Å²) in [7, 11) is 0.